The van der Waals surface area contributed by atoms with Crippen LogP contribution in [-0.4, -0.2) is 45.8 Å². The summed E-state index contributed by atoms with van der Waals surface area (Å²) in [5.74, 6) is 0.173. The summed E-state index contributed by atoms with van der Waals surface area (Å²) in [4.78, 5) is 15.4. The Labute approximate surface area is 161 Å². The van der Waals surface area contributed by atoms with Gasteiger partial charge in [-0.25, -0.2) is 0 Å². The molecule has 0 saturated carbocycles. The fraction of sp³-hybridized carbons (Fsp3) is 0.500. The molecule has 2 saturated heterocycles. The summed E-state index contributed by atoms with van der Waals surface area (Å²) in [6, 6.07) is 11.0. The van der Waals surface area contributed by atoms with Crippen molar-refractivity contribution in [3.05, 3.63) is 53.3 Å². The van der Waals surface area contributed by atoms with Gasteiger partial charge in [0.1, 0.15) is 0 Å². The van der Waals surface area contributed by atoms with Gasteiger partial charge in [0.2, 0.25) is 0 Å². The van der Waals surface area contributed by atoms with Gasteiger partial charge in [-0.15, -0.1) is 12.4 Å². The van der Waals surface area contributed by atoms with Crippen LogP contribution in [0.1, 0.15) is 47.8 Å². The molecule has 140 valence electrons. The number of fused-ring (bicyclic) bond motifs is 2. The lowest BCUT2D eigenvalue weighted by atomic mass is 10.1. The number of carbonyl (C=O) groups is 1. The standard InChI is InChI=1S/C20H26N4O.ClH/c1-2-19-18(13-22-23(19)14-15-6-4-3-5-7-15)20(25)24-16-8-9-17(24)12-21-11-10-16;/h3-7,13,16-17,21H,2,8-12,14H2,1H3;1H. The van der Waals surface area contributed by atoms with Crippen LogP contribution >= 0.6 is 12.4 Å². The Balaban J connectivity index is 0.00000196. The molecule has 2 unspecified atom stereocenters. The monoisotopic (exact) mass is 374 g/mol. The van der Waals surface area contributed by atoms with Gasteiger partial charge in [-0.05, 0) is 37.8 Å². The molecule has 2 bridgehead atoms. The lowest BCUT2D eigenvalue weighted by Crippen LogP contribution is -2.42. The van der Waals surface area contributed by atoms with Crippen LogP contribution in [0.25, 0.3) is 0 Å². The van der Waals surface area contributed by atoms with E-state index in [1.54, 1.807) is 6.20 Å². The van der Waals surface area contributed by atoms with Crippen LogP contribution in [0.15, 0.2) is 36.5 Å². The topological polar surface area (TPSA) is 50.2 Å². The van der Waals surface area contributed by atoms with Crippen molar-refractivity contribution >= 4 is 18.3 Å². The third-order valence-electron chi connectivity index (χ3n) is 5.58. The normalized spacial score (nSPS) is 22.0. The van der Waals surface area contributed by atoms with Gasteiger partial charge in [0.15, 0.2) is 0 Å². The van der Waals surface area contributed by atoms with Crippen molar-refractivity contribution in [3.63, 3.8) is 0 Å². The number of benzene rings is 1. The van der Waals surface area contributed by atoms with E-state index in [1.807, 2.05) is 22.9 Å². The van der Waals surface area contributed by atoms with E-state index in [0.717, 1.165) is 50.0 Å². The van der Waals surface area contributed by atoms with E-state index >= 15 is 0 Å². The van der Waals surface area contributed by atoms with Crippen molar-refractivity contribution < 1.29 is 4.79 Å². The zero-order chi connectivity index (χ0) is 17.2. The van der Waals surface area contributed by atoms with Gasteiger partial charge in [0, 0.05) is 18.6 Å². The predicted octanol–water partition coefficient (Wildman–Crippen LogP) is 2.88. The molecule has 5 nitrogen and oxygen atoms in total. The maximum atomic E-state index is 13.3. The highest BCUT2D eigenvalue weighted by Gasteiger charge is 2.39. The molecule has 2 atom stereocenters. The molecule has 2 aliphatic heterocycles. The quantitative estimate of drug-likeness (QED) is 0.895. The van der Waals surface area contributed by atoms with Crippen molar-refractivity contribution in [3.8, 4) is 0 Å². The number of aromatic nitrogens is 2. The zero-order valence-corrected chi connectivity index (χ0v) is 16.0. The maximum absolute atomic E-state index is 13.3. The van der Waals surface area contributed by atoms with Gasteiger partial charge in [0.05, 0.1) is 24.0 Å². The van der Waals surface area contributed by atoms with Crippen molar-refractivity contribution in [1.29, 1.82) is 0 Å². The Morgan fingerprint density at radius 2 is 1.96 bits per heavy atom. The van der Waals surface area contributed by atoms with E-state index in [9.17, 15) is 4.79 Å². The summed E-state index contributed by atoms with van der Waals surface area (Å²) in [6.07, 6.45) is 5.90. The highest BCUT2D eigenvalue weighted by Crippen LogP contribution is 2.30. The van der Waals surface area contributed by atoms with Crippen molar-refractivity contribution in [1.82, 2.24) is 20.0 Å². The second-order valence-electron chi connectivity index (χ2n) is 7.09. The largest absolute Gasteiger partial charge is 0.331 e. The van der Waals surface area contributed by atoms with Gasteiger partial charge in [-0.2, -0.15) is 5.10 Å². The number of rotatable bonds is 4. The summed E-state index contributed by atoms with van der Waals surface area (Å²) in [5, 5.41) is 8.01. The smallest absolute Gasteiger partial charge is 0.257 e. The zero-order valence-electron chi connectivity index (χ0n) is 15.2. The van der Waals surface area contributed by atoms with E-state index in [-0.39, 0.29) is 18.3 Å². The van der Waals surface area contributed by atoms with Crippen LogP contribution in [-0.2, 0) is 13.0 Å². The summed E-state index contributed by atoms with van der Waals surface area (Å²) in [7, 11) is 0. The van der Waals surface area contributed by atoms with Crippen molar-refractivity contribution in [2.24, 2.45) is 0 Å². The first-order chi connectivity index (χ1) is 12.3. The number of carbonyl (C=O) groups excluding carboxylic acids is 1. The average molecular weight is 375 g/mol. The van der Waals surface area contributed by atoms with Crippen LogP contribution in [0.4, 0.5) is 0 Å². The molecule has 2 aromatic rings. The lowest BCUT2D eigenvalue weighted by Gasteiger charge is -2.28. The average Bonchev–Trinajstić information content (AvgIpc) is 3.14. The number of hydrogen-bond acceptors (Lipinski definition) is 3. The van der Waals surface area contributed by atoms with Gasteiger partial charge in [-0.3, -0.25) is 9.48 Å². The summed E-state index contributed by atoms with van der Waals surface area (Å²) < 4.78 is 1.99. The van der Waals surface area contributed by atoms with Gasteiger partial charge >= 0.3 is 0 Å². The third kappa shape index (κ3) is 3.51. The molecule has 26 heavy (non-hydrogen) atoms. The first-order valence-corrected chi connectivity index (χ1v) is 9.40. The van der Waals surface area contributed by atoms with E-state index in [2.05, 4.69) is 34.4 Å². The highest BCUT2D eigenvalue weighted by atomic mass is 35.5. The number of amides is 1. The second-order valence-corrected chi connectivity index (χ2v) is 7.09. The lowest BCUT2D eigenvalue weighted by molar-refractivity contribution is 0.0679. The van der Waals surface area contributed by atoms with Gasteiger partial charge in [-0.1, -0.05) is 37.3 Å². The molecule has 1 N–H and O–H groups in total. The molecule has 0 spiro atoms. The van der Waals surface area contributed by atoms with E-state index in [0.29, 0.717) is 18.6 Å². The molecular formula is C20H27ClN4O. The second kappa shape index (κ2) is 8.23. The Hall–Kier alpha value is -1.85. The fourth-order valence-corrected chi connectivity index (χ4v) is 4.31. The van der Waals surface area contributed by atoms with Crippen LogP contribution in [0.2, 0.25) is 0 Å². The van der Waals surface area contributed by atoms with E-state index < -0.39 is 0 Å². The number of nitrogens with one attached hydrogen (secondary N) is 1. The molecule has 1 amide bonds. The number of halogens is 1. The molecule has 6 heteroatoms. The minimum atomic E-state index is 0. The molecular weight excluding hydrogens is 348 g/mol. The molecule has 0 radical (unpaired) electrons. The van der Waals surface area contributed by atoms with Crippen LogP contribution in [0.3, 0.4) is 0 Å². The number of hydrogen-bond donors (Lipinski definition) is 1. The molecule has 1 aromatic carbocycles. The molecule has 1 aromatic heterocycles. The van der Waals surface area contributed by atoms with Gasteiger partial charge < -0.3 is 10.2 Å². The van der Waals surface area contributed by atoms with Crippen molar-refractivity contribution in [2.45, 2.75) is 51.2 Å². The molecule has 2 fully saturated rings. The predicted molar refractivity (Wildman–Crippen MR) is 105 cm³/mol. The van der Waals surface area contributed by atoms with Gasteiger partial charge in [0.25, 0.3) is 5.91 Å². The van der Waals surface area contributed by atoms with Crippen LogP contribution in [0, 0.1) is 0 Å². The van der Waals surface area contributed by atoms with Crippen LogP contribution in [0.5, 0.6) is 0 Å². The minimum absolute atomic E-state index is 0. The first kappa shape index (κ1) is 18.9. The van der Waals surface area contributed by atoms with E-state index in [4.69, 9.17) is 0 Å². The minimum Gasteiger partial charge on any atom is -0.331 e. The Morgan fingerprint density at radius 1 is 1.19 bits per heavy atom. The highest BCUT2D eigenvalue weighted by molar-refractivity contribution is 5.95. The van der Waals surface area contributed by atoms with Crippen LogP contribution < -0.4 is 5.32 Å². The Bertz CT molecular complexity index is 732. The Kier molecular flexibility index (Phi) is 5.99. The number of nitrogens with zero attached hydrogens (tertiary/aromatic N) is 3. The summed E-state index contributed by atoms with van der Waals surface area (Å²) >= 11 is 0. The summed E-state index contributed by atoms with van der Waals surface area (Å²) in [6.45, 7) is 4.75. The third-order valence-corrected chi connectivity index (χ3v) is 5.58. The molecule has 4 rings (SSSR count). The first-order valence-electron chi connectivity index (χ1n) is 9.40. The summed E-state index contributed by atoms with van der Waals surface area (Å²) in [5.41, 5.74) is 3.04. The SMILES string of the molecule is CCc1c(C(=O)N2C3CCNCC2CC3)cnn1Cc1ccccc1.Cl. The Morgan fingerprint density at radius 3 is 2.73 bits per heavy atom. The fourth-order valence-electron chi connectivity index (χ4n) is 4.31. The maximum Gasteiger partial charge on any atom is 0.257 e. The van der Waals surface area contributed by atoms with Crippen molar-refractivity contribution in [2.75, 3.05) is 13.1 Å². The molecule has 0 aliphatic carbocycles. The molecule has 3 heterocycles. The molecule has 2 aliphatic rings. The van der Waals surface area contributed by atoms with E-state index in [1.165, 1.54) is 5.56 Å².